The normalized spacial score (nSPS) is 35.8. The van der Waals surface area contributed by atoms with Gasteiger partial charge in [0.1, 0.15) is 0 Å². The quantitative estimate of drug-likeness (QED) is 0.640. The van der Waals surface area contributed by atoms with E-state index in [-0.39, 0.29) is 5.25 Å². The number of hydrogen-bond acceptors (Lipinski definition) is 2. The standard InChI is InChI=1S/C8H16O2S/c1-3-7-5-8(4-2)11(9,10)6-7/h7-8H,3-6H2,1-2H3/t7-,8+/m1/s1. The molecule has 1 rings (SSSR count). The van der Waals surface area contributed by atoms with E-state index in [1.54, 1.807) is 0 Å². The second kappa shape index (κ2) is 3.13. The number of sulfone groups is 1. The molecule has 1 aliphatic heterocycles. The molecule has 1 fully saturated rings. The molecule has 0 saturated carbocycles. The van der Waals surface area contributed by atoms with Crippen LogP contribution >= 0.6 is 0 Å². The topological polar surface area (TPSA) is 34.1 Å². The van der Waals surface area contributed by atoms with Crippen molar-refractivity contribution in [3.8, 4) is 0 Å². The molecule has 0 bridgehead atoms. The smallest absolute Gasteiger partial charge is 0.153 e. The Hall–Kier alpha value is -0.0500. The van der Waals surface area contributed by atoms with Crippen LogP contribution in [0.25, 0.3) is 0 Å². The van der Waals surface area contributed by atoms with Crippen molar-refractivity contribution in [2.45, 2.75) is 38.4 Å². The molecule has 0 amide bonds. The molecule has 0 N–H and O–H groups in total. The minimum Gasteiger partial charge on any atom is -0.229 e. The molecular weight excluding hydrogens is 160 g/mol. The molecule has 2 atom stereocenters. The van der Waals surface area contributed by atoms with E-state index in [1.807, 2.05) is 6.92 Å². The van der Waals surface area contributed by atoms with Crippen molar-refractivity contribution in [3.05, 3.63) is 0 Å². The molecular formula is C8H16O2S. The van der Waals surface area contributed by atoms with Crippen molar-refractivity contribution >= 4 is 9.84 Å². The Morgan fingerprint density at radius 2 is 1.91 bits per heavy atom. The van der Waals surface area contributed by atoms with E-state index in [0.29, 0.717) is 11.7 Å². The average molecular weight is 176 g/mol. The van der Waals surface area contributed by atoms with Crippen LogP contribution in [0.5, 0.6) is 0 Å². The summed E-state index contributed by atoms with van der Waals surface area (Å²) < 4.78 is 22.7. The lowest BCUT2D eigenvalue weighted by Crippen LogP contribution is -2.13. The van der Waals surface area contributed by atoms with Crippen molar-refractivity contribution in [2.75, 3.05) is 5.75 Å². The van der Waals surface area contributed by atoms with E-state index < -0.39 is 9.84 Å². The van der Waals surface area contributed by atoms with Crippen LogP contribution in [0, 0.1) is 5.92 Å². The maximum absolute atomic E-state index is 11.4. The molecule has 0 spiro atoms. The zero-order valence-electron chi connectivity index (χ0n) is 7.21. The fraction of sp³-hybridized carbons (Fsp3) is 1.00. The minimum absolute atomic E-state index is 0.0348. The van der Waals surface area contributed by atoms with Crippen LogP contribution in [0.3, 0.4) is 0 Å². The number of rotatable bonds is 2. The molecule has 11 heavy (non-hydrogen) atoms. The van der Waals surface area contributed by atoms with Crippen molar-refractivity contribution in [1.29, 1.82) is 0 Å². The Morgan fingerprint density at radius 1 is 1.27 bits per heavy atom. The third-order valence-electron chi connectivity index (χ3n) is 2.60. The highest BCUT2D eigenvalue weighted by molar-refractivity contribution is 7.92. The molecule has 66 valence electrons. The predicted molar refractivity (Wildman–Crippen MR) is 46.3 cm³/mol. The first kappa shape index (κ1) is 9.04. The third kappa shape index (κ3) is 1.75. The lowest BCUT2D eigenvalue weighted by Gasteiger charge is -2.03. The van der Waals surface area contributed by atoms with Gasteiger partial charge in [-0.2, -0.15) is 0 Å². The highest BCUT2D eigenvalue weighted by atomic mass is 32.2. The van der Waals surface area contributed by atoms with Gasteiger partial charge in [-0.25, -0.2) is 8.42 Å². The molecule has 3 heteroatoms. The Balaban J connectivity index is 2.71. The molecule has 0 radical (unpaired) electrons. The zero-order valence-corrected chi connectivity index (χ0v) is 8.02. The van der Waals surface area contributed by atoms with Crippen molar-refractivity contribution in [2.24, 2.45) is 5.92 Å². The molecule has 0 unspecified atom stereocenters. The largest absolute Gasteiger partial charge is 0.229 e. The van der Waals surface area contributed by atoms with Gasteiger partial charge in [0.2, 0.25) is 0 Å². The highest BCUT2D eigenvalue weighted by Gasteiger charge is 2.35. The van der Waals surface area contributed by atoms with Gasteiger partial charge in [-0.1, -0.05) is 20.3 Å². The van der Waals surface area contributed by atoms with Crippen molar-refractivity contribution < 1.29 is 8.42 Å². The molecule has 1 saturated heterocycles. The summed E-state index contributed by atoms with van der Waals surface area (Å²) in [4.78, 5) is 0. The van der Waals surface area contributed by atoms with Gasteiger partial charge in [-0.3, -0.25) is 0 Å². The van der Waals surface area contributed by atoms with Crippen molar-refractivity contribution in [3.63, 3.8) is 0 Å². The van der Waals surface area contributed by atoms with Crippen LogP contribution in [0.1, 0.15) is 33.1 Å². The maximum Gasteiger partial charge on any atom is 0.153 e. The molecule has 0 aliphatic carbocycles. The van der Waals surface area contributed by atoms with Crippen molar-refractivity contribution in [1.82, 2.24) is 0 Å². The van der Waals surface area contributed by atoms with E-state index in [4.69, 9.17) is 0 Å². The van der Waals surface area contributed by atoms with Gasteiger partial charge >= 0.3 is 0 Å². The van der Waals surface area contributed by atoms with Gasteiger partial charge in [0.25, 0.3) is 0 Å². The molecule has 1 heterocycles. The van der Waals surface area contributed by atoms with Crippen LogP contribution in [0.15, 0.2) is 0 Å². The van der Waals surface area contributed by atoms with Crippen LogP contribution in [-0.2, 0) is 9.84 Å². The van der Waals surface area contributed by atoms with Gasteiger partial charge in [0, 0.05) is 0 Å². The second-order valence-electron chi connectivity index (χ2n) is 3.37. The lowest BCUT2D eigenvalue weighted by atomic mass is 10.0. The van der Waals surface area contributed by atoms with E-state index in [2.05, 4.69) is 6.92 Å². The Labute approximate surface area is 68.9 Å². The monoisotopic (exact) mass is 176 g/mol. The average Bonchev–Trinajstić information content (AvgIpc) is 2.24. The van der Waals surface area contributed by atoms with Gasteiger partial charge < -0.3 is 0 Å². The Kier molecular flexibility index (Phi) is 2.58. The van der Waals surface area contributed by atoms with E-state index in [0.717, 1.165) is 19.3 Å². The predicted octanol–water partition coefficient (Wildman–Crippen LogP) is 1.61. The van der Waals surface area contributed by atoms with Crippen LogP contribution in [-0.4, -0.2) is 19.4 Å². The van der Waals surface area contributed by atoms with Gasteiger partial charge in [-0.15, -0.1) is 0 Å². The zero-order chi connectivity index (χ0) is 8.48. The molecule has 2 nitrogen and oxygen atoms in total. The highest BCUT2D eigenvalue weighted by Crippen LogP contribution is 2.29. The van der Waals surface area contributed by atoms with Gasteiger partial charge in [0.15, 0.2) is 9.84 Å². The first-order valence-electron chi connectivity index (χ1n) is 4.31. The second-order valence-corrected chi connectivity index (χ2v) is 5.70. The van der Waals surface area contributed by atoms with Crippen LogP contribution in [0.4, 0.5) is 0 Å². The maximum atomic E-state index is 11.4. The summed E-state index contributed by atoms with van der Waals surface area (Å²) in [7, 11) is -2.70. The fourth-order valence-corrected chi connectivity index (χ4v) is 4.13. The summed E-state index contributed by atoms with van der Waals surface area (Å²) in [5, 5.41) is -0.0348. The summed E-state index contributed by atoms with van der Waals surface area (Å²) in [5.41, 5.74) is 0. The summed E-state index contributed by atoms with van der Waals surface area (Å²) in [5.74, 6) is 0.868. The first-order valence-corrected chi connectivity index (χ1v) is 6.03. The summed E-state index contributed by atoms with van der Waals surface area (Å²) >= 11 is 0. The Bertz CT molecular complexity index is 218. The van der Waals surface area contributed by atoms with E-state index >= 15 is 0 Å². The van der Waals surface area contributed by atoms with E-state index in [1.165, 1.54) is 0 Å². The van der Waals surface area contributed by atoms with Gasteiger partial charge in [0.05, 0.1) is 11.0 Å². The summed E-state index contributed by atoms with van der Waals surface area (Å²) in [6.07, 6.45) is 2.70. The third-order valence-corrected chi connectivity index (χ3v) is 5.08. The summed E-state index contributed by atoms with van der Waals surface area (Å²) in [6, 6.07) is 0. The van der Waals surface area contributed by atoms with Gasteiger partial charge in [-0.05, 0) is 18.8 Å². The molecule has 1 aliphatic rings. The van der Waals surface area contributed by atoms with E-state index in [9.17, 15) is 8.42 Å². The molecule has 0 aromatic carbocycles. The van der Waals surface area contributed by atoms with Crippen LogP contribution < -0.4 is 0 Å². The lowest BCUT2D eigenvalue weighted by molar-refractivity contribution is 0.534. The number of hydrogen-bond donors (Lipinski definition) is 0. The molecule has 0 aromatic heterocycles. The minimum atomic E-state index is -2.70. The first-order chi connectivity index (χ1) is 5.10. The molecule has 0 aromatic rings. The van der Waals surface area contributed by atoms with Crippen LogP contribution in [0.2, 0.25) is 0 Å². The SMILES string of the molecule is CC[C@@H]1C[C@H](CC)S(=O)(=O)C1. The fourth-order valence-electron chi connectivity index (χ4n) is 1.76. The Morgan fingerprint density at radius 3 is 2.18 bits per heavy atom. The summed E-state index contributed by atoms with van der Waals surface area (Å²) in [6.45, 7) is 4.03.